The molecule has 1 amide bonds. The van der Waals surface area contributed by atoms with E-state index in [0.717, 1.165) is 38.5 Å². The fourth-order valence-corrected chi connectivity index (χ4v) is 3.54. The Morgan fingerprint density at radius 3 is 2.38 bits per heavy atom. The molecule has 132 valence electrons. The van der Waals surface area contributed by atoms with E-state index >= 15 is 0 Å². The Balaban J connectivity index is 2.12. The van der Waals surface area contributed by atoms with Crippen LogP contribution in [0.25, 0.3) is 0 Å². The first kappa shape index (κ1) is 18.9. The van der Waals surface area contributed by atoms with Crippen molar-refractivity contribution in [2.45, 2.75) is 57.6 Å². The molecule has 0 unspecified atom stereocenters. The predicted molar refractivity (Wildman–Crippen MR) is 97.1 cm³/mol. The molecule has 24 heavy (non-hydrogen) atoms. The summed E-state index contributed by atoms with van der Waals surface area (Å²) >= 11 is 12.2. The summed E-state index contributed by atoms with van der Waals surface area (Å²) in [7, 11) is 0. The van der Waals surface area contributed by atoms with Crippen molar-refractivity contribution in [3.8, 4) is 0 Å². The summed E-state index contributed by atoms with van der Waals surface area (Å²) in [5.41, 5.74) is 6.21. The number of nitrogens with two attached hydrogens (primary N) is 1. The van der Waals surface area contributed by atoms with E-state index < -0.39 is 5.54 Å². The van der Waals surface area contributed by atoms with Crippen molar-refractivity contribution in [3.05, 3.63) is 33.8 Å². The third kappa shape index (κ3) is 4.77. The number of amidine groups is 1. The molecule has 0 heterocycles. The standard InChI is InChI=1S/C17H23Cl2N3O2/c1-12(23)21-17(9-4-2-3-5-10-17)16(20)22-24-11-13-14(18)7-6-8-15(13)19/h6-8H,2-5,9-11H2,1H3,(H2,20,22)(H,21,23). The highest BCUT2D eigenvalue weighted by Gasteiger charge is 2.36. The third-order valence-corrected chi connectivity index (χ3v) is 5.00. The number of oxime groups is 1. The number of nitrogens with zero attached hydrogens (tertiary/aromatic N) is 1. The van der Waals surface area contributed by atoms with Crippen LogP contribution in [0, 0.1) is 0 Å². The number of halogens is 2. The second kappa shape index (κ2) is 8.58. The molecule has 0 atom stereocenters. The topological polar surface area (TPSA) is 76.7 Å². The molecule has 0 saturated heterocycles. The Hall–Kier alpha value is -1.46. The molecule has 0 radical (unpaired) electrons. The zero-order valence-electron chi connectivity index (χ0n) is 13.8. The minimum atomic E-state index is -0.632. The molecule has 1 aromatic carbocycles. The Kier molecular flexibility index (Phi) is 6.75. The van der Waals surface area contributed by atoms with Gasteiger partial charge in [0.25, 0.3) is 0 Å². The van der Waals surface area contributed by atoms with Crippen LogP contribution in [0.5, 0.6) is 0 Å². The first-order valence-electron chi connectivity index (χ1n) is 8.12. The maximum absolute atomic E-state index is 11.6. The molecule has 0 bridgehead atoms. The van der Waals surface area contributed by atoms with E-state index in [4.69, 9.17) is 33.8 Å². The Labute approximate surface area is 152 Å². The van der Waals surface area contributed by atoms with E-state index in [2.05, 4.69) is 10.5 Å². The summed E-state index contributed by atoms with van der Waals surface area (Å²) in [6.45, 7) is 1.61. The van der Waals surface area contributed by atoms with Gasteiger partial charge in [0.15, 0.2) is 5.84 Å². The lowest BCUT2D eigenvalue weighted by Gasteiger charge is -2.32. The Bertz CT molecular complexity index is 592. The average Bonchev–Trinajstić information content (AvgIpc) is 2.76. The van der Waals surface area contributed by atoms with E-state index in [0.29, 0.717) is 21.4 Å². The normalized spacial score (nSPS) is 17.9. The molecule has 3 N–H and O–H groups in total. The maximum Gasteiger partial charge on any atom is 0.217 e. The molecule has 2 rings (SSSR count). The van der Waals surface area contributed by atoms with Gasteiger partial charge in [-0.25, -0.2) is 0 Å². The molecule has 0 aromatic heterocycles. The number of hydrogen-bond acceptors (Lipinski definition) is 3. The number of benzene rings is 1. The van der Waals surface area contributed by atoms with Crippen molar-refractivity contribution in [2.24, 2.45) is 10.9 Å². The van der Waals surface area contributed by atoms with Gasteiger partial charge in [-0.15, -0.1) is 0 Å². The van der Waals surface area contributed by atoms with Crippen LogP contribution in [0.1, 0.15) is 51.0 Å². The second-order valence-electron chi connectivity index (χ2n) is 6.13. The number of amides is 1. The molecular weight excluding hydrogens is 349 g/mol. The van der Waals surface area contributed by atoms with Gasteiger partial charge in [0.2, 0.25) is 5.91 Å². The van der Waals surface area contributed by atoms with Crippen LogP contribution in [0.4, 0.5) is 0 Å². The Morgan fingerprint density at radius 1 is 1.25 bits per heavy atom. The minimum Gasteiger partial charge on any atom is -0.389 e. The molecule has 0 spiro atoms. The fraction of sp³-hybridized carbons (Fsp3) is 0.529. The largest absolute Gasteiger partial charge is 0.389 e. The van der Waals surface area contributed by atoms with Gasteiger partial charge in [-0.3, -0.25) is 4.79 Å². The van der Waals surface area contributed by atoms with Gasteiger partial charge < -0.3 is 15.9 Å². The van der Waals surface area contributed by atoms with Crippen LogP contribution in [-0.4, -0.2) is 17.3 Å². The van der Waals surface area contributed by atoms with Gasteiger partial charge in [-0.1, -0.05) is 60.1 Å². The van der Waals surface area contributed by atoms with Crippen LogP contribution in [0.3, 0.4) is 0 Å². The van der Waals surface area contributed by atoms with E-state index in [1.165, 1.54) is 6.92 Å². The van der Waals surface area contributed by atoms with Gasteiger partial charge in [-0.05, 0) is 25.0 Å². The molecule has 1 aromatic rings. The number of carbonyl (C=O) groups excluding carboxylic acids is 1. The van der Waals surface area contributed by atoms with Crippen molar-refractivity contribution >= 4 is 34.9 Å². The predicted octanol–water partition coefficient (Wildman–Crippen LogP) is 4.01. The smallest absolute Gasteiger partial charge is 0.217 e. The van der Waals surface area contributed by atoms with Crippen molar-refractivity contribution in [1.82, 2.24) is 5.32 Å². The lowest BCUT2D eigenvalue weighted by molar-refractivity contribution is -0.120. The van der Waals surface area contributed by atoms with Crippen LogP contribution in [0.15, 0.2) is 23.4 Å². The zero-order valence-corrected chi connectivity index (χ0v) is 15.3. The van der Waals surface area contributed by atoms with Crippen LogP contribution in [0.2, 0.25) is 10.0 Å². The lowest BCUT2D eigenvalue weighted by Crippen LogP contribution is -2.56. The quantitative estimate of drug-likeness (QED) is 0.355. The minimum absolute atomic E-state index is 0.120. The summed E-state index contributed by atoms with van der Waals surface area (Å²) < 4.78 is 0. The summed E-state index contributed by atoms with van der Waals surface area (Å²) in [4.78, 5) is 17.0. The summed E-state index contributed by atoms with van der Waals surface area (Å²) in [5, 5.41) is 8.07. The molecular formula is C17H23Cl2N3O2. The van der Waals surface area contributed by atoms with Crippen molar-refractivity contribution in [3.63, 3.8) is 0 Å². The van der Waals surface area contributed by atoms with Crippen LogP contribution >= 0.6 is 23.2 Å². The summed E-state index contributed by atoms with van der Waals surface area (Å²) in [6.07, 6.45) is 5.77. The first-order chi connectivity index (χ1) is 11.4. The van der Waals surface area contributed by atoms with Gasteiger partial charge in [-0.2, -0.15) is 0 Å². The third-order valence-electron chi connectivity index (χ3n) is 4.30. The lowest BCUT2D eigenvalue weighted by atomic mass is 9.89. The molecule has 7 heteroatoms. The Morgan fingerprint density at radius 2 is 1.83 bits per heavy atom. The van der Waals surface area contributed by atoms with E-state index in [1.807, 2.05) is 0 Å². The molecule has 5 nitrogen and oxygen atoms in total. The highest BCUT2D eigenvalue weighted by atomic mass is 35.5. The van der Waals surface area contributed by atoms with E-state index in [1.54, 1.807) is 18.2 Å². The first-order valence-corrected chi connectivity index (χ1v) is 8.88. The highest BCUT2D eigenvalue weighted by molar-refractivity contribution is 6.35. The average molecular weight is 372 g/mol. The van der Waals surface area contributed by atoms with Gasteiger partial charge >= 0.3 is 0 Å². The van der Waals surface area contributed by atoms with Gasteiger partial charge in [0.1, 0.15) is 12.1 Å². The van der Waals surface area contributed by atoms with Crippen molar-refractivity contribution < 1.29 is 9.63 Å². The molecule has 1 aliphatic carbocycles. The fourth-order valence-electron chi connectivity index (χ4n) is 3.04. The van der Waals surface area contributed by atoms with Crippen molar-refractivity contribution in [1.29, 1.82) is 0 Å². The summed E-state index contributed by atoms with van der Waals surface area (Å²) in [6, 6.07) is 5.25. The van der Waals surface area contributed by atoms with Crippen molar-refractivity contribution in [2.75, 3.05) is 0 Å². The molecule has 1 saturated carbocycles. The van der Waals surface area contributed by atoms with E-state index in [-0.39, 0.29) is 12.5 Å². The van der Waals surface area contributed by atoms with Gasteiger partial charge in [0, 0.05) is 22.5 Å². The van der Waals surface area contributed by atoms with E-state index in [9.17, 15) is 4.79 Å². The summed E-state index contributed by atoms with van der Waals surface area (Å²) in [5.74, 6) is 0.173. The second-order valence-corrected chi connectivity index (χ2v) is 6.94. The SMILES string of the molecule is CC(=O)NC1(C(N)=NOCc2c(Cl)cccc2Cl)CCCCCC1. The number of nitrogens with one attached hydrogen (secondary N) is 1. The number of carbonyl (C=O) groups is 1. The number of rotatable bonds is 5. The number of hydrogen-bond donors (Lipinski definition) is 2. The van der Waals surface area contributed by atoms with Gasteiger partial charge in [0.05, 0.1) is 0 Å². The highest BCUT2D eigenvalue weighted by Crippen LogP contribution is 2.28. The monoisotopic (exact) mass is 371 g/mol. The molecule has 1 aliphatic rings. The zero-order chi connectivity index (χ0) is 17.6. The maximum atomic E-state index is 11.6. The molecule has 1 fully saturated rings. The van der Waals surface area contributed by atoms with Crippen LogP contribution in [-0.2, 0) is 16.2 Å². The van der Waals surface area contributed by atoms with Crippen LogP contribution < -0.4 is 11.1 Å². The molecule has 0 aliphatic heterocycles.